The summed E-state index contributed by atoms with van der Waals surface area (Å²) in [6, 6.07) is 2.33. The second kappa shape index (κ2) is 5.47. The van der Waals surface area contributed by atoms with Crippen LogP contribution in [0.1, 0.15) is 10.5 Å². The van der Waals surface area contributed by atoms with Gasteiger partial charge < -0.3 is 14.2 Å². The van der Waals surface area contributed by atoms with Crippen LogP contribution in [0.15, 0.2) is 18.3 Å². The fourth-order valence-electron chi connectivity index (χ4n) is 1.88. The smallest absolute Gasteiger partial charge is 0.464 e. The minimum absolute atomic E-state index is 0.0126. The van der Waals surface area contributed by atoms with Crippen molar-refractivity contribution in [1.82, 2.24) is 9.97 Å². The number of methoxy groups -OCH3 is 1. The zero-order valence-electron chi connectivity index (χ0n) is 11.3. The van der Waals surface area contributed by atoms with E-state index >= 15 is 0 Å². The summed E-state index contributed by atoms with van der Waals surface area (Å²) in [5.74, 6) is -1.23. The Labute approximate surface area is 137 Å². The maximum atomic E-state index is 13.1. The summed E-state index contributed by atoms with van der Waals surface area (Å²) >= 11 is 11.9. The molecule has 0 radical (unpaired) electrons. The van der Waals surface area contributed by atoms with Gasteiger partial charge in [0, 0.05) is 11.6 Å². The molecule has 0 bridgehead atoms. The lowest BCUT2D eigenvalue weighted by Crippen LogP contribution is -2.25. The summed E-state index contributed by atoms with van der Waals surface area (Å²) in [6.45, 7) is 0. The highest BCUT2D eigenvalue weighted by atomic mass is 35.5. The molecule has 6 nitrogen and oxygen atoms in total. The number of aromatic nitrogens is 2. The first-order valence-corrected chi connectivity index (χ1v) is 6.77. The largest absolute Gasteiger partial charge is 0.586 e. The highest BCUT2D eigenvalue weighted by Crippen LogP contribution is 2.45. The summed E-state index contributed by atoms with van der Waals surface area (Å²) in [6.07, 6.45) is -2.60. The van der Waals surface area contributed by atoms with Gasteiger partial charge in [0.15, 0.2) is 23.0 Å². The van der Waals surface area contributed by atoms with Crippen LogP contribution in [0.2, 0.25) is 10.0 Å². The first kappa shape index (κ1) is 15.7. The third-order valence-corrected chi connectivity index (χ3v) is 3.44. The molecule has 3 rings (SSSR count). The van der Waals surface area contributed by atoms with E-state index in [2.05, 4.69) is 24.2 Å². The first-order valence-electron chi connectivity index (χ1n) is 6.01. The number of hydrogen-bond donors (Lipinski definition) is 0. The molecule has 120 valence electrons. The monoisotopic (exact) mass is 362 g/mol. The third-order valence-electron chi connectivity index (χ3n) is 2.85. The molecule has 10 heteroatoms. The molecule has 1 aliphatic rings. The Hall–Kier alpha value is -2.19. The SMILES string of the molecule is COC(=O)c1nc(-c2cc3c(cc2Cl)OC(F)(F)O3)ncc1Cl. The standard InChI is InChI=1S/C13H6Cl2F2N2O4/c1-21-12(20)10-7(15)4-18-11(19-10)5-2-8-9(3-6(5)14)23-13(16,17)22-8/h2-4H,1H3. The van der Waals surface area contributed by atoms with Crippen molar-refractivity contribution in [3.63, 3.8) is 0 Å². The molecule has 1 aliphatic heterocycles. The Bertz CT molecular complexity index is 817. The molecule has 0 atom stereocenters. The maximum absolute atomic E-state index is 13.1. The first-order chi connectivity index (χ1) is 10.8. The molecule has 2 aromatic rings. The molecule has 1 aromatic carbocycles. The van der Waals surface area contributed by atoms with E-state index in [1.165, 1.54) is 12.3 Å². The van der Waals surface area contributed by atoms with Gasteiger partial charge >= 0.3 is 12.3 Å². The van der Waals surface area contributed by atoms with Crippen LogP contribution >= 0.6 is 23.2 Å². The molecule has 0 saturated heterocycles. The Morgan fingerprint density at radius 3 is 2.52 bits per heavy atom. The van der Waals surface area contributed by atoms with E-state index in [9.17, 15) is 13.6 Å². The molecule has 0 unspecified atom stereocenters. The number of ether oxygens (including phenoxy) is 3. The van der Waals surface area contributed by atoms with Gasteiger partial charge in [-0.1, -0.05) is 23.2 Å². The molecule has 0 aliphatic carbocycles. The number of alkyl halides is 2. The van der Waals surface area contributed by atoms with Crippen LogP contribution < -0.4 is 9.47 Å². The van der Waals surface area contributed by atoms with Crippen LogP contribution in [0.25, 0.3) is 11.4 Å². The number of carbonyl (C=O) groups excluding carboxylic acids is 1. The van der Waals surface area contributed by atoms with Gasteiger partial charge in [-0.3, -0.25) is 0 Å². The van der Waals surface area contributed by atoms with Crippen LogP contribution in [0, 0.1) is 0 Å². The minimum atomic E-state index is -3.78. The molecular formula is C13H6Cl2F2N2O4. The van der Waals surface area contributed by atoms with Crippen LogP contribution in [0.3, 0.4) is 0 Å². The van der Waals surface area contributed by atoms with E-state index in [-0.39, 0.29) is 38.6 Å². The molecule has 23 heavy (non-hydrogen) atoms. The van der Waals surface area contributed by atoms with Crippen molar-refractivity contribution in [3.8, 4) is 22.9 Å². The number of benzene rings is 1. The molecule has 0 N–H and O–H groups in total. The second-order valence-electron chi connectivity index (χ2n) is 4.33. The van der Waals surface area contributed by atoms with Crippen LogP contribution in [-0.4, -0.2) is 29.3 Å². The lowest BCUT2D eigenvalue weighted by molar-refractivity contribution is -0.286. The normalized spacial score (nSPS) is 14.7. The van der Waals surface area contributed by atoms with Gasteiger partial charge in [-0.15, -0.1) is 8.78 Å². The molecule has 2 heterocycles. The number of rotatable bonds is 2. The number of esters is 1. The zero-order chi connectivity index (χ0) is 16.8. The molecule has 0 amide bonds. The summed E-state index contributed by atoms with van der Waals surface area (Å²) in [5.41, 5.74) is -0.0215. The fourth-order valence-corrected chi connectivity index (χ4v) is 2.29. The van der Waals surface area contributed by atoms with Gasteiger partial charge in [0.05, 0.1) is 23.4 Å². The third kappa shape index (κ3) is 2.87. The number of carbonyl (C=O) groups is 1. The fraction of sp³-hybridized carbons (Fsp3) is 0.154. The van der Waals surface area contributed by atoms with Crippen molar-refractivity contribution >= 4 is 29.2 Å². The lowest BCUT2D eigenvalue weighted by Gasteiger charge is -2.07. The van der Waals surface area contributed by atoms with Crippen LogP contribution in [0.5, 0.6) is 11.5 Å². The zero-order valence-corrected chi connectivity index (χ0v) is 12.8. The van der Waals surface area contributed by atoms with Crippen molar-refractivity contribution in [3.05, 3.63) is 34.1 Å². The van der Waals surface area contributed by atoms with E-state index in [0.717, 1.165) is 13.2 Å². The number of hydrogen-bond acceptors (Lipinski definition) is 6. The van der Waals surface area contributed by atoms with Crippen molar-refractivity contribution in [2.45, 2.75) is 6.29 Å². The lowest BCUT2D eigenvalue weighted by atomic mass is 10.2. The van der Waals surface area contributed by atoms with E-state index in [0.29, 0.717) is 0 Å². The van der Waals surface area contributed by atoms with Crippen molar-refractivity contribution in [1.29, 1.82) is 0 Å². The van der Waals surface area contributed by atoms with Crippen LogP contribution in [0.4, 0.5) is 8.78 Å². The molecule has 0 saturated carbocycles. The number of nitrogens with zero attached hydrogens (tertiary/aromatic N) is 2. The van der Waals surface area contributed by atoms with Gasteiger partial charge in [-0.2, -0.15) is 0 Å². The molecular weight excluding hydrogens is 357 g/mol. The summed E-state index contributed by atoms with van der Waals surface area (Å²) < 4.78 is 39.3. The van der Waals surface area contributed by atoms with Gasteiger partial charge in [-0.25, -0.2) is 14.8 Å². The predicted octanol–water partition coefficient (Wildman–Crippen LogP) is 3.56. The van der Waals surface area contributed by atoms with E-state index in [1.807, 2.05) is 0 Å². The Balaban J connectivity index is 2.09. The van der Waals surface area contributed by atoms with E-state index < -0.39 is 12.3 Å². The van der Waals surface area contributed by atoms with E-state index in [1.54, 1.807) is 0 Å². The summed E-state index contributed by atoms with van der Waals surface area (Å²) in [4.78, 5) is 19.5. The van der Waals surface area contributed by atoms with Gasteiger partial charge in [0.2, 0.25) is 0 Å². The van der Waals surface area contributed by atoms with Gasteiger partial charge in [0.25, 0.3) is 0 Å². The number of halogens is 4. The highest BCUT2D eigenvalue weighted by molar-refractivity contribution is 6.34. The average Bonchev–Trinajstić information content (AvgIpc) is 2.79. The molecule has 1 aromatic heterocycles. The average molecular weight is 363 g/mol. The summed E-state index contributed by atoms with van der Waals surface area (Å²) in [7, 11) is 1.16. The minimum Gasteiger partial charge on any atom is -0.464 e. The van der Waals surface area contributed by atoms with Gasteiger partial charge in [0.1, 0.15) is 0 Å². The highest BCUT2D eigenvalue weighted by Gasteiger charge is 2.44. The number of fused-ring (bicyclic) bond motifs is 1. The van der Waals surface area contributed by atoms with Crippen LogP contribution in [-0.2, 0) is 4.74 Å². The van der Waals surface area contributed by atoms with E-state index in [4.69, 9.17) is 23.2 Å². The Morgan fingerprint density at radius 1 is 1.22 bits per heavy atom. The topological polar surface area (TPSA) is 70.5 Å². The summed E-state index contributed by atoms with van der Waals surface area (Å²) in [5, 5.41) is 0.00665. The quantitative estimate of drug-likeness (QED) is 0.760. The van der Waals surface area contributed by atoms with Crippen molar-refractivity contribution in [2.75, 3.05) is 7.11 Å². The molecule has 0 spiro atoms. The van der Waals surface area contributed by atoms with Crippen molar-refractivity contribution in [2.24, 2.45) is 0 Å². The van der Waals surface area contributed by atoms with Gasteiger partial charge in [-0.05, 0) is 6.07 Å². The predicted molar refractivity (Wildman–Crippen MR) is 75.0 cm³/mol. The van der Waals surface area contributed by atoms with Crippen molar-refractivity contribution < 1.29 is 27.8 Å². The second-order valence-corrected chi connectivity index (χ2v) is 5.14. The maximum Gasteiger partial charge on any atom is 0.586 e. The Kier molecular flexibility index (Phi) is 3.73. The molecule has 0 fully saturated rings. The Morgan fingerprint density at radius 2 is 1.87 bits per heavy atom.